The predicted molar refractivity (Wildman–Crippen MR) is 105 cm³/mol. The van der Waals surface area contributed by atoms with Crippen molar-refractivity contribution in [2.75, 3.05) is 39.3 Å². The zero-order valence-electron chi connectivity index (χ0n) is 14.8. The molecule has 1 N–H and O–H groups in total. The van der Waals surface area contributed by atoms with Crippen molar-refractivity contribution in [2.45, 2.75) is 4.90 Å². The number of hydrogen-bond donors (Lipinski definition) is 1. The molecule has 6 nitrogen and oxygen atoms in total. The van der Waals surface area contributed by atoms with E-state index in [0.717, 1.165) is 0 Å². The SMILES string of the molecule is O=C(NCCN1CCN(S(=O)(=O)c2ccccc2)CC1)c1ccc(Cl)cc1. The summed E-state index contributed by atoms with van der Waals surface area (Å²) in [5.41, 5.74) is 0.568. The van der Waals surface area contributed by atoms with E-state index in [1.807, 2.05) is 0 Å². The first-order chi connectivity index (χ1) is 13.0. The van der Waals surface area contributed by atoms with E-state index in [0.29, 0.717) is 54.8 Å². The number of nitrogens with one attached hydrogen (secondary N) is 1. The number of carbonyl (C=O) groups excluding carboxylic acids is 1. The molecule has 8 heteroatoms. The van der Waals surface area contributed by atoms with Gasteiger partial charge in [0.2, 0.25) is 10.0 Å². The highest BCUT2D eigenvalue weighted by atomic mass is 35.5. The van der Waals surface area contributed by atoms with Gasteiger partial charge in [0.1, 0.15) is 0 Å². The zero-order chi connectivity index (χ0) is 19.3. The highest BCUT2D eigenvalue weighted by Gasteiger charge is 2.28. The molecule has 3 rings (SSSR count). The molecule has 0 radical (unpaired) electrons. The molecule has 1 aliphatic heterocycles. The largest absolute Gasteiger partial charge is 0.351 e. The molecule has 2 aromatic rings. The minimum atomic E-state index is -3.43. The fraction of sp³-hybridized carbons (Fsp3) is 0.316. The summed E-state index contributed by atoms with van der Waals surface area (Å²) in [4.78, 5) is 14.6. The molecule has 1 heterocycles. The number of rotatable bonds is 6. The maximum absolute atomic E-state index is 12.6. The number of piperazine rings is 1. The van der Waals surface area contributed by atoms with Crippen LogP contribution in [0.25, 0.3) is 0 Å². The lowest BCUT2D eigenvalue weighted by Gasteiger charge is -2.33. The van der Waals surface area contributed by atoms with E-state index >= 15 is 0 Å². The lowest BCUT2D eigenvalue weighted by atomic mass is 10.2. The van der Waals surface area contributed by atoms with Gasteiger partial charge in [-0.3, -0.25) is 9.69 Å². The fourth-order valence-corrected chi connectivity index (χ4v) is 4.54. The molecule has 1 fully saturated rings. The van der Waals surface area contributed by atoms with E-state index in [1.165, 1.54) is 4.31 Å². The maximum Gasteiger partial charge on any atom is 0.251 e. The summed E-state index contributed by atoms with van der Waals surface area (Å²) in [6.07, 6.45) is 0. The Kier molecular flexibility index (Phi) is 6.49. The molecule has 0 unspecified atom stereocenters. The van der Waals surface area contributed by atoms with Crippen LogP contribution in [0.4, 0.5) is 0 Å². The summed E-state index contributed by atoms with van der Waals surface area (Å²) in [6, 6.07) is 15.2. The van der Waals surface area contributed by atoms with Crippen LogP contribution in [0.15, 0.2) is 59.5 Å². The van der Waals surface area contributed by atoms with Crippen molar-refractivity contribution in [3.05, 3.63) is 65.2 Å². The number of halogens is 1. The van der Waals surface area contributed by atoms with Crippen LogP contribution in [-0.2, 0) is 10.0 Å². The number of carbonyl (C=O) groups is 1. The van der Waals surface area contributed by atoms with Gasteiger partial charge >= 0.3 is 0 Å². The van der Waals surface area contributed by atoms with Crippen LogP contribution in [-0.4, -0.2) is 62.8 Å². The monoisotopic (exact) mass is 407 g/mol. The van der Waals surface area contributed by atoms with E-state index in [1.54, 1.807) is 54.6 Å². The van der Waals surface area contributed by atoms with Gasteiger partial charge < -0.3 is 5.32 Å². The minimum absolute atomic E-state index is 0.142. The van der Waals surface area contributed by atoms with E-state index < -0.39 is 10.0 Å². The normalized spacial score (nSPS) is 16.2. The molecule has 0 saturated carbocycles. The number of amides is 1. The summed E-state index contributed by atoms with van der Waals surface area (Å²) in [5, 5.41) is 3.47. The molecule has 0 spiro atoms. The van der Waals surface area contributed by atoms with Gasteiger partial charge in [0.05, 0.1) is 4.90 Å². The molecule has 1 amide bonds. The molecule has 0 bridgehead atoms. The van der Waals surface area contributed by atoms with Gasteiger partial charge in [-0.25, -0.2) is 8.42 Å². The van der Waals surface area contributed by atoms with Gasteiger partial charge in [-0.05, 0) is 36.4 Å². The zero-order valence-corrected chi connectivity index (χ0v) is 16.4. The van der Waals surface area contributed by atoms with Gasteiger partial charge in [-0.1, -0.05) is 29.8 Å². The molecule has 1 saturated heterocycles. The molecule has 144 valence electrons. The van der Waals surface area contributed by atoms with E-state index in [-0.39, 0.29) is 5.91 Å². The van der Waals surface area contributed by atoms with Crippen LogP contribution in [0.3, 0.4) is 0 Å². The second-order valence-corrected chi connectivity index (χ2v) is 8.70. The van der Waals surface area contributed by atoms with Crippen molar-refractivity contribution in [3.8, 4) is 0 Å². The van der Waals surface area contributed by atoms with Crippen LogP contribution < -0.4 is 5.32 Å². The van der Waals surface area contributed by atoms with Gasteiger partial charge in [0.25, 0.3) is 5.91 Å². The van der Waals surface area contributed by atoms with Crippen LogP contribution in [0.2, 0.25) is 5.02 Å². The van der Waals surface area contributed by atoms with Crippen molar-refractivity contribution in [1.82, 2.24) is 14.5 Å². The second kappa shape index (κ2) is 8.84. The molecule has 0 aliphatic carbocycles. The van der Waals surface area contributed by atoms with Crippen LogP contribution in [0.1, 0.15) is 10.4 Å². The minimum Gasteiger partial charge on any atom is -0.351 e. The van der Waals surface area contributed by atoms with Crippen LogP contribution in [0.5, 0.6) is 0 Å². The number of hydrogen-bond acceptors (Lipinski definition) is 4. The third-order valence-electron chi connectivity index (χ3n) is 4.53. The third-order valence-corrected chi connectivity index (χ3v) is 6.70. The Hall–Kier alpha value is -1.93. The molecule has 27 heavy (non-hydrogen) atoms. The summed E-state index contributed by atoms with van der Waals surface area (Å²) in [5.74, 6) is -0.142. The molecule has 1 aliphatic rings. The van der Waals surface area contributed by atoms with Gasteiger partial charge in [0.15, 0.2) is 0 Å². The van der Waals surface area contributed by atoms with Gasteiger partial charge in [-0.15, -0.1) is 0 Å². The van der Waals surface area contributed by atoms with Crippen LogP contribution in [0, 0.1) is 0 Å². The predicted octanol–water partition coefficient (Wildman–Crippen LogP) is 2.08. The molecular formula is C19H22ClN3O3S. The van der Waals surface area contributed by atoms with E-state index in [9.17, 15) is 13.2 Å². The van der Waals surface area contributed by atoms with E-state index in [4.69, 9.17) is 11.6 Å². The Labute approximate surface area is 164 Å². The second-order valence-electron chi connectivity index (χ2n) is 6.32. The molecular weight excluding hydrogens is 386 g/mol. The van der Waals surface area contributed by atoms with Crippen molar-refractivity contribution >= 4 is 27.5 Å². The number of nitrogens with zero attached hydrogens (tertiary/aromatic N) is 2. The van der Waals surface area contributed by atoms with Crippen molar-refractivity contribution in [1.29, 1.82) is 0 Å². The Morgan fingerprint density at radius 2 is 1.59 bits per heavy atom. The number of benzene rings is 2. The van der Waals surface area contributed by atoms with Crippen molar-refractivity contribution in [2.24, 2.45) is 0 Å². The molecule has 0 aromatic heterocycles. The quantitative estimate of drug-likeness (QED) is 0.795. The van der Waals surface area contributed by atoms with Gasteiger partial charge in [0, 0.05) is 49.9 Å². The third kappa shape index (κ3) is 5.07. The average Bonchev–Trinajstić information content (AvgIpc) is 2.69. The first-order valence-electron chi connectivity index (χ1n) is 8.78. The van der Waals surface area contributed by atoms with Gasteiger partial charge in [-0.2, -0.15) is 4.31 Å². The Bertz CT molecular complexity index is 865. The highest BCUT2D eigenvalue weighted by molar-refractivity contribution is 7.89. The molecule has 2 aromatic carbocycles. The lowest BCUT2D eigenvalue weighted by Crippen LogP contribution is -2.50. The van der Waals surface area contributed by atoms with Crippen molar-refractivity contribution in [3.63, 3.8) is 0 Å². The Balaban J connectivity index is 1.44. The summed E-state index contributed by atoms with van der Waals surface area (Å²) in [6.45, 7) is 3.36. The van der Waals surface area contributed by atoms with Crippen LogP contribution >= 0.6 is 11.6 Å². The summed E-state index contributed by atoms with van der Waals surface area (Å²) < 4.78 is 26.8. The maximum atomic E-state index is 12.6. The Morgan fingerprint density at radius 3 is 2.22 bits per heavy atom. The smallest absolute Gasteiger partial charge is 0.251 e. The summed E-state index contributed by atoms with van der Waals surface area (Å²) in [7, 11) is -3.43. The molecule has 0 atom stereocenters. The first-order valence-corrected chi connectivity index (χ1v) is 10.6. The standard InChI is InChI=1S/C19H22ClN3O3S/c20-17-8-6-16(7-9-17)19(24)21-10-11-22-12-14-23(15-13-22)27(25,26)18-4-2-1-3-5-18/h1-9H,10-15H2,(H,21,24). The first kappa shape index (κ1) is 19.8. The number of sulfonamides is 1. The topological polar surface area (TPSA) is 69.7 Å². The Morgan fingerprint density at radius 1 is 0.963 bits per heavy atom. The van der Waals surface area contributed by atoms with Crippen molar-refractivity contribution < 1.29 is 13.2 Å². The summed E-state index contributed by atoms with van der Waals surface area (Å²) >= 11 is 5.82. The average molecular weight is 408 g/mol. The van der Waals surface area contributed by atoms with E-state index in [2.05, 4.69) is 10.2 Å². The lowest BCUT2D eigenvalue weighted by molar-refractivity contribution is 0.0945. The highest BCUT2D eigenvalue weighted by Crippen LogP contribution is 2.17. The fourth-order valence-electron chi connectivity index (χ4n) is 2.97.